The van der Waals surface area contributed by atoms with E-state index in [0.717, 1.165) is 24.3 Å². The summed E-state index contributed by atoms with van der Waals surface area (Å²) < 4.78 is 59.1. The first kappa shape index (κ1) is 19.5. The minimum atomic E-state index is -3.06. The average Bonchev–Trinajstić information content (AvgIpc) is 2.54. The largest absolute Gasteiger partial charge is 0.452 e. The lowest BCUT2D eigenvalue weighted by Gasteiger charge is -2.10. The molecule has 0 saturated carbocycles. The van der Waals surface area contributed by atoms with Crippen LogP contribution in [-0.2, 0) is 9.53 Å². The summed E-state index contributed by atoms with van der Waals surface area (Å²) in [6.07, 6.45) is 0. The van der Waals surface area contributed by atoms with Crippen LogP contribution in [-0.4, -0.2) is 25.1 Å². The highest BCUT2D eigenvalue weighted by molar-refractivity contribution is 6.32. The SMILES string of the molecule is O=C(COC(=O)c1cc(F)cc(F)c1)Nc1ccc(OC(F)F)c(Cl)c1. The lowest BCUT2D eigenvalue weighted by molar-refractivity contribution is -0.119. The zero-order valence-corrected chi connectivity index (χ0v) is 13.5. The number of esters is 1. The third-order valence-electron chi connectivity index (χ3n) is 2.86. The molecule has 10 heteroatoms. The molecule has 5 nitrogen and oxygen atoms in total. The van der Waals surface area contributed by atoms with Crippen LogP contribution in [0.25, 0.3) is 0 Å². The van der Waals surface area contributed by atoms with Gasteiger partial charge in [0, 0.05) is 11.8 Å². The Morgan fingerprint density at radius 2 is 1.73 bits per heavy atom. The molecule has 0 bridgehead atoms. The van der Waals surface area contributed by atoms with Gasteiger partial charge in [-0.15, -0.1) is 0 Å². The number of rotatable bonds is 6. The van der Waals surface area contributed by atoms with Crippen LogP contribution in [0.2, 0.25) is 5.02 Å². The van der Waals surface area contributed by atoms with Gasteiger partial charge in [-0.2, -0.15) is 8.78 Å². The molecule has 0 unspecified atom stereocenters. The Kier molecular flexibility index (Phi) is 6.40. The molecule has 2 rings (SSSR count). The maximum absolute atomic E-state index is 13.0. The highest BCUT2D eigenvalue weighted by atomic mass is 35.5. The van der Waals surface area contributed by atoms with E-state index in [4.69, 9.17) is 11.6 Å². The molecule has 0 aliphatic rings. The number of ether oxygens (including phenoxy) is 2. The molecule has 0 fully saturated rings. The lowest BCUT2D eigenvalue weighted by Crippen LogP contribution is -2.21. The predicted molar refractivity (Wildman–Crippen MR) is 83.4 cm³/mol. The van der Waals surface area contributed by atoms with E-state index < -0.39 is 42.3 Å². The summed E-state index contributed by atoms with van der Waals surface area (Å²) in [6.45, 7) is -3.80. The van der Waals surface area contributed by atoms with Crippen molar-refractivity contribution in [2.75, 3.05) is 11.9 Å². The van der Waals surface area contributed by atoms with Crippen LogP contribution in [0, 0.1) is 11.6 Å². The van der Waals surface area contributed by atoms with E-state index in [1.165, 1.54) is 6.07 Å². The van der Waals surface area contributed by atoms with E-state index in [1.54, 1.807) is 0 Å². The molecule has 0 radical (unpaired) electrons. The molecule has 138 valence electrons. The molecule has 0 aliphatic carbocycles. The first-order chi connectivity index (χ1) is 12.2. The first-order valence-corrected chi connectivity index (χ1v) is 7.30. The number of alkyl halides is 2. The Balaban J connectivity index is 1.92. The van der Waals surface area contributed by atoms with Crippen molar-refractivity contribution in [3.8, 4) is 5.75 Å². The number of hydrogen-bond acceptors (Lipinski definition) is 4. The highest BCUT2D eigenvalue weighted by Crippen LogP contribution is 2.28. The van der Waals surface area contributed by atoms with E-state index >= 15 is 0 Å². The third kappa shape index (κ3) is 5.62. The minimum Gasteiger partial charge on any atom is -0.452 e. The monoisotopic (exact) mass is 391 g/mol. The van der Waals surface area contributed by atoms with E-state index in [0.29, 0.717) is 6.07 Å². The fourth-order valence-electron chi connectivity index (χ4n) is 1.85. The van der Waals surface area contributed by atoms with Crippen molar-refractivity contribution in [1.29, 1.82) is 0 Å². The van der Waals surface area contributed by atoms with Crippen molar-refractivity contribution in [2.45, 2.75) is 6.61 Å². The zero-order chi connectivity index (χ0) is 19.3. The fourth-order valence-corrected chi connectivity index (χ4v) is 2.08. The number of anilines is 1. The molecule has 0 heterocycles. The number of hydrogen-bond donors (Lipinski definition) is 1. The van der Waals surface area contributed by atoms with Crippen molar-refractivity contribution >= 4 is 29.2 Å². The average molecular weight is 392 g/mol. The molecule has 0 spiro atoms. The summed E-state index contributed by atoms with van der Waals surface area (Å²) in [5, 5.41) is 2.13. The van der Waals surface area contributed by atoms with Gasteiger partial charge in [-0.1, -0.05) is 11.6 Å². The predicted octanol–water partition coefficient (Wildman–Crippen LogP) is 4.02. The number of amides is 1. The molecule has 0 aliphatic heterocycles. The highest BCUT2D eigenvalue weighted by Gasteiger charge is 2.14. The molecular weight excluding hydrogens is 382 g/mol. The van der Waals surface area contributed by atoms with Crippen LogP contribution in [0.15, 0.2) is 36.4 Å². The summed E-state index contributed by atoms with van der Waals surface area (Å²) in [5.41, 5.74) is -0.263. The molecule has 0 saturated heterocycles. The lowest BCUT2D eigenvalue weighted by atomic mass is 10.2. The van der Waals surface area contributed by atoms with Crippen molar-refractivity contribution in [2.24, 2.45) is 0 Å². The summed E-state index contributed by atoms with van der Waals surface area (Å²) in [6, 6.07) is 5.60. The van der Waals surface area contributed by atoms with Crippen LogP contribution >= 0.6 is 11.6 Å². The molecule has 26 heavy (non-hydrogen) atoms. The van der Waals surface area contributed by atoms with Crippen molar-refractivity contribution in [1.82, 2.24) is 0 Å². The number of halogens is 5. The number of carbonyl (C=O) groups is 2. The summed E-state index contributed by atoms with van der Waals surface area (Å²) >= 11 is 5.73. The molecule has 1 N–H and O–H groups in total. The van der Waals surface area contributed by atoms with Gasteiger partial charge in [0.25, 0.3) is 5.91 Å². The Morgan fingerprint density at radius 1 is 1.08 bits per heavy atom. The molecule has 2 aromatic carbocycles. The Labute approximate surface area is 149 Å². The maximum Gasteiger partial charge on any atom is 0.387 e. The minimum absolute atomic E-state index is 0.134. The van der Waals surface area contributed by atoms with Gasteiger partial charge < -0.3 is 14.8 Å². The van der Waals surface area contributed by atoms with E-state index in [9.17, 15) is 27.2 Å². The van der Waals surface area contributed by atoms with Gasteiger partial charge in [0.05, 0.1) is 10.6 Å². The Bertz CT molecular complexity index is 812. The summed E-state index contributed by atoms with van der Waals surface area (Å²) in [4.78, 5) is 23.4. The van der Waals surface area contributed by atoms with Gasteiger partial charge in [-0.3, -0.25) is 4.79 Å². The first-order valence-electron chi connectivity index (χ1n) is 6.92. The van der Waals surface area contributed by atoms with Crippen molar-refractivity contribution in [3.63, 3.8) is 0 Å². The molecular formula is C16H10ClF4NO4. The Hall–Kier alpha value is -2.81. The second-order valence-corrected chi connectivity index (χ2v) is 5.21. The topological polar surface area (TPSA) is 64.6 Å². The molecule has 1 amide bonds. The summed E-state index contributed by atoms with van der Waals surface area (Å²) in [5.74, 6) is -4.10. The van der Waals surface area contributed by atoms with Crippen molar-refractivity contribution in [3.05, 3.63) is 58.6 Å². The maximum atomic E-state index is 13.0. The van der Waals surface area contributed by atoms with E-state index in [2.05, 4.69) is 14.8 Å². The van der Waals surface area contributed by atoms with Gasteiger partial charge in [-0.05, 0) is 30.3 Å². The van der Waals surface area contributed by atoms with Crippen LogP contribution < -0.4 is 10.1 Å². The molecule has 2 aromatic rings. The van der Waals surface area contributed by atoms with E-state index in [-0.39, 0.29) is 16.5 Å². The van der Waals surface area contributed by atoms with Crippen LogP contribution in [0.4, 0.5) is 23.2 Å². The standard InChI is InChI=1S/C16H10ClF4NO4/c17-12-6-11(1-2-13(12)26-16(20)21)22-14(23)7-25-15(24)8-3-9(18)5-10(19)4-8/h1-6,16H,7H2,(H,22,23). The smallest absolute Gasteiger partial charge is 0.387 e. The van der Waals surface area contributed by atoms with Gasteiger partial charge >= 0.3 is 12.6 Å². The second-order valence-electron chi connectivity index (χ2n) is 4.81. The van der Waals surface area contributed by atoms with Crippen LogP contribution in [0.5, 0.6) is 5.75 Å². The zero-order valence-electron chi connectivity index (χ0n) is 12.8. The quantitative estimate of drug-likeness (QED) is 0.597. The normalized spacial score (nSPS) is 10.5. The van der Waals surface area contributed by atoms with Gasteiger partial charge in [-0.25, -0.2) is 13.6 Å². The Morgan fingerprint density at radius 3 is 2.31 bits per heavy atom. The van der Waals surface area contributed by atoms with Gasteiger partial charge in [0.2, 0.25) is 0 Å². The van der Waals surface area contributed by atoms with E-state index in [1.807, 2.05) is 0 Å². The van der Waals surface area contributed by atoms with Gasteiger partial charge in [0.15, 0.2) is 6.61 Å². The third-order valence-corrected chi connectivity index (χ3v) is 3.16. The number of benzene rings is 2. The number of carbonyl (C=O) groups excluding carboxylic acids is 2. The second kappa shape index (κ2) is 8.52. The number of nitrogens with one attached hydrogen (secondary N) is 1. The van der Waals surface area contributed by atoms with Crippen LogP contribution in [0.1, 0.15) is 10.4 Å². The molecule has 0 atom stereocenters. The fraction of sp³-hybridized carbons (Fsp3) is 0.125. The van der Waals surface area contributed by atoms with Crippen molar-refractivity contribution < 1.29 is 36.6 Å². The van der Waals surface area contributed by atoms with Crippen LogP contribution in [0.3, 0.4) is 0 Å². The molecule has 0 aromatic heterocycles. The van der Waals surface area contributed by atoms with Gasteiger partial charge in [0.1, 0.15) is 17.4 Å². The summed E-state index contributed by atoms with van der Waals surface area (Å²) in [7, 11) is 0.